The number of rotatable bonds is 6. The smallest absolute Gasteiger partial charge is 0.277 e. The van der Waals surface area contributed by atoms with Crippen LogP contribution in [0.1, 0.15) is 10.5 Å². The quantitative estimate of drug-likeness (QED) is 0.651. The Kier molecular flexibility index (Phi) is 5.31. The number of carbonyl (C=O) groups excluding carboxylic acids is 2. The zero-order valence-corrected chi connectivity index (χ0v) is 10.0. The van der Waals surface area contributed by atoms with Crippen LogP contribution in [0.4, 0.5) is 8.78 Å². The first kappa shape index (κ1) is 15.0. The number of nitrogens with zero attached hydrogens (tertiary/aromatic N) is 1. The summed E-state index contributed by atoms with van der Waals surface area (Å²) in [6, 6.07) is 4.72. The van der Waals surface area contributed by atoms with E-state index in [9.17, 15) is 18.4 Å². The van der Waals surface area contributed by atoms with Gasteiger partial charge in [0.1, 0.15) is 5.69 Å². The van der Waals surface area contributed by atoms with Gasteiger partial charge in [-0.2, -0.15) is 0 Å². The molecule has 0 aliphatic rings. The minimum Gasteiger partial charge on any atom is -0.348 e. The molecule has 0 aliphatic heterocycles. The van der Waals surface area contributed by atoms with Crippen molar-refractivity contribution in [1.29, 1.82) is 0 Å². The van der Waals surface area contributed by atoms with Gasteiger partial charge in [-0.25, -0.2) is 8.78 Å². The molecule has 1 rings (SSSR count). The summed E-state index contributed by atoms with van der Waals surface area (Å²) in [4.78, 5) is 26.5. The van der Waals surface area contributed by atoms with Crippen LogP contribution in [0, 0.1) is 0 Å². The third-order valence-corrected chi connectivity index (χ3v) is 2.15. The van der Waals surface area contributed by atoms with Gasteiger partial charge in [0.05, 0.1) is 19.6 Å². The second-order valence-corrected chi connectivity index (χ2v) is 3.73. The SMILES string of the molecule is NCC(F)(F)CNC(=O)CNC(=O)c1ccccn1. The molecule has 0 saturated heterocycles. The van der Waals surface area contributed by atoms with Gasteiger partial charge in [-0.1, -0.05) is 6.07 Å². The van der Waals surface area contributed by atoms with Crippen molar-refractivity contribution in [3.63, 3.8) is 0 Å². The molecule has 0 fully saturated rings. The molecule has 1 heterocycles. The topological polar surface area (TPSA) is 97.1 Å². The summed E-state index contributed by atoms with van der Waals surface area (Å²) in [6.07, 6.45) is 1.43. The molecule has 8 heteroatoms. The normalized spacial score (nSPS) is 10.9. The molecule has 0 unspecified atom stereocenters. The monoisotopic (exact) mass is 272 g/mol. The van der Waals surface area contributed by atoms with Gasteiger partial charge in [-0.05, 0) is 12.1 Å². The lowest BCUT2D eigenvalue weighted by Crippen LogP contribution is -2.45. The van der Waals surface area contributed by atoms with Crippen LogP contribution in [0.25, 0.3) is 0 Å². The highest BCUT2D eigenvalue weighted by atomic mass is 19.3. The molecule has 19 heavy (non-hydrogen) atoms. The zero-order chi connectivity index (χ0) is 14.3. The van der Waals surface area contributed by atoms with Crippen LogP contribution in [-0.2, 0) is 4.79 Å². The molecule has 0 bridgehead atoms. The number of aromatic nitrogens is 1. The number of hydrogen-bond acceptors (Lipinski definition) is 4. The van der Waals surface area contributed by atoms with E-state index in [-0.39, 0.29) is 5.69 Å². The van der Waals surface area contributed by atoms with Crippen LogP contribution < -0.4 is 16.4 Å². The average Bonchev–Trinajstić information content (AvgIpc) is 2.43. The van der Waals surface area contributed by atoms with Gasteiger partial charge in [0.25, 0.3) is 11.8 Å². The Balaban J connectivity index is 2.33. The Morgan fingerprint density at radius 3 is 2.63 bits per heavy atom. The van der Waals surface area contributed by atoms with Gasteiger partial charge in [0.15, 0.2) is 0 Å². The van der Waals surface area contributed by atoms with Crippen molar-refractivity contribution in [2.45, 2.75) is 5.92 Å². The van der Waals surface area contributed by atoms with Crippen molar-refractivity contribution >= 4 is 11.8 Å². The van der Waals surface area contributed by atoms with Crippen LogP contribution in [0.5, 0.6) is 0 Å². The minimum absolute atomic E-state index is 0.141. The highest BCUT2D eigenvalue weighted by Crippen LogP contribution is 2.08. The molecule has 0 aliphatic carbocycles. The van der Waals surface area contributed by atoms with Crippen molar-refractivity contribution in [2.24, 2.45) is 5.73 Å². The highest BCUT2D eigenvalue weighted by molar-refractivity contribution is 5.94. The van der Waals surface area contributed by atoms with Crippen LogP contribution in [0.15, 0.2) is 24.4 Å². The van der Waals surface area contributed by atoms with E-state index in [0.29, 0.717) is 0 Å². The first-order chi connectivity index (χ1) is 8.94. The van der Waals surface area contributed by atoms with E-state index in [0.717, 1.165) is 0 Å². The predicted molar refractivity (Wildman–Crippen MR) is 63.6 cm³/mol. The van der Waals surface area contributed by atoms with E-state index in [1.54, 1.807) is 12.1 Å². The second kappa shape index (κ2) is 6.74. The summed E-state index contributed by atoms with van der Waals surface area (Å²) >= 11 is 0. The number of carbonyl (C=O) groups is 2. The van der Waals surface area contributed by atoms with Gasteiger partial charge in [0.2, 0.25) is 5.91 Å². The summed E-state index contributed by atoms with van der Waals surface area (Å²) in [6.45, 7) is -2.12. The summed E-state index contributed by atoms with van der Waals surface area (Å²) in [5.41, 5.74) is 4.95. The number of hydrogen-bond donors (Lipinski definition) is 3. The molecule has 1 aromatic rings. The number of pyridine rings is 1. The number of nitrogens with one attached hydrogen (secondary N) is 2. The van der Waals surface area contributed by atoms with Crippen LogP contribution in [0.2, 0.25) is 0 Å². The first-order valence-electron chi connectivity index (χ1n) is 5.48. The molecule has 4 N–H and O–H groups in total. The lowest BCUT2D eigenvalue weighted by Gasteiger charge is -2.14. The maximum absolute atomic E-state index is 12.7. The number of amides is 2. The molecular formula is C11H14F2N4O2. The van der Waals surface area contributed by atoms with Crippen LogP contribution in [-0.4, -0.2) is 42.4 Å². The maximum atomic E-state index is 12.7. The maximum Gasteiger partial charge on any atom is 0.277 e. The van der Waals surface area contributed by atoms with E-state index in [1.165, 1.54) is 12.3 Å². The lowest BCUT2D eigenvalue weighted by molar-refractivity contribution is -0.121. The molecule has 0 atom stereocenters. The second-order valence-electron chi connectivity index (χ2n) is 3.73. The van der Waals surface area contributed by atoms with E-state index in [2.05, 4.69) is 10.3 Å². The Labute approximate surface area is 108 Å². The minimum atomic E-state index is -3.15. The molecule has 104 valence electrons. The van der Waals surface area contributed by atoms with E-state index < -0.39 is 37.4 Å². The molecule has 0 aromatic carbocycles. The van der Waals surface area contributed by atoms with Gasteiger partial charge in [-0.15, -0.1) is 0 Å². The first-order valence-corrected chi connectivity index (χ1v) is 5.48. The van der Waals surface area contributed by atoms with E-state index >= 15 is 0 Å². The third-order valence-electron chi connectivity index (χ3n) is 2.15. The predicted octanol–water partition coefficient (Wildman–Crippen LogP) is -0.478. The van der Waals surface area contributed by atoms with Crippen molar-refractivity contribution < 1.29 is 18.4 Å². The van der Waals surface area contributed by atoms with Crippen LogP contribution >= 0.6 is 0 Å². The zero-order valence-electron chi connectivity index (χ0n) is 10.0. The summed E-state index contributed by atoms with van der Waals surface area (Å²) in [5.74, 6) is -4.43. The van der Waals surface area contributed by atoms with Crippen LogP contribution in [0.3, 0.4) is 0 Å². The number of nitrogens with two attached hydrogens (primary N) is 1. The average molecular weight is 272 g/mol. The third kappa shape index (κ3) is 5.38. The fourth-order valence-corrected chi connectivity index (χ4v) is 1.11. The fraction of sp³-hybridized carbons (Fsp3) is 0.364. The Morgan fingerprint density at radius 2 is 2.05 bits per heavy atom. The Morgan fingerprint density at radius 1 is 1.32 bits per heavy atom. The van der Waals surface area contributed by atoms with Gasteiger partial charge in [0, 0.05) is 6.20 Å². The van der Waals surface area contributed by atoms with Gasteiger partial charge in [-0.3, -0.25) is 14.6 Å². The molecule has 6 nitrogen and oxygen atoms in total. The molecular weight excluding hydrogens is 258 g/mol. The van der Waals surface area contributed by atoms with Crippen molar-refractivity contribution in [1.82, 2.24) is 15.6 Å². The molecule has 2 amide bonds. The number of alkyl halides is 2. The standard InChI is InChI=1S/C11H14F2N4O2/c12-11(13,6-14)7-17-9(18)5-16-10(19)8-3-1-2-4-15-8/h1-4H,5-7,14H2,(H,16,19)(H,17,18). The Bertz CT molecular complexity index is 440. The fourth-order valence-electron chi connectivity index (χ4n) is 1.11. The largest absolute Gasteiger partial charge is 0.348 e. The molecule has 1 aromatic heterocycles. The summed E-state index contributed by atoms with van der Waals surface area (Å²) < 4.78 is 25.5. The van der Waals surface area contributed by atoms with E-state index in [4.69, 9.17) is 5.73 Å². The molecule has 0 saturated carbocycles. The van der Waals surface area contributed by atoms with Gasteiger partial charge >= 0.3 is 0 Å². The lowest BCUT2D eigenvalue weighted by atomic mass is 10.3. The Hall–Kier alpha value is -2.09. The molecule has 0 spiro atoms. The molecule has 0 radical (unpaired) electrons. The summed E-state index contributed by atoms with van der Waals surface area (Å²) in [5, 5.41) is 4.24. The highest BCUT2D eigenvalue weighted by Gasteiger charge is 2.27. The van der Waals surface area contributed by atoms with Crippen molar-refractivity contribution in [3.05, 3.63) is 30.1 Å². The van der Waals surface area contributed by atoms with Crippen molar-refractivity contribution in [2.75, 3.05) is 19.6 Å². The summed E-state index contributed by atoms with van der Waals surface area (Å²) in [7, 11) is 0. The van der Waals surface area contributed by atoms with Crippen molar-refractivity contribution in [3.8, 4) is 0 Å². The number of halogens is 2. The van der Waals surface area contributed by atoms with E-state index in [1.807, 2.05) is 5.32 Å². The van der Waals surface area contributed by atoms with Gasteiger partial charge < -0.3 is 16.4 Å².